The lowest BCUT2D eigenvalue weighted by Gasteiger charge is -2.22. The van der Waals surface area contributed by atoms with E-state index in [1.807, 2.05) is 30.3 Å². The highest BCUT2D eigenvalue weighted by Crippen LogP contribution is 2.43. The highest BCUT2D eigenvalue weighted by Gasteiger charge is 2.48. The van der Waals surface area contributed by atoms with Crippen molar-refractivity contribution in [1.82, 2.24) is 15.0 Å². The minimum absolute atomic E-state index is 0.0438. The second kappa shape index (κ2) is 8.28. The lowest BCUT2D eigenvalue weighted by Crippen LogP contribution is -2.31. The predicted octanol–water partition coefficient (Wildman–Crippen LogP) is 5.51. The molecule has 1 aliphatic rings. The monoisotopic (exact) mass is 500 g/mol. The molecule has 3 aromatic heterocycles. The Balaban J connectivity index is 1.46. The van der Waals surface area contributed by atoms with Crippen LogP contribution < -0.4 is 4.90 Å². The number of nitrogens with one attached hydrogen (secondary N) is 1. The molecule has 1 unspecified atom stereocenters. The molecule has 6 rings (SSSR count). The Morgan fingerprint density at radius 1 is 1.14 bits per heavy atom. The van der Waals surface area contributed by atoms with Crippen LogP contribution in [0.5, 0.6) is 0 Å². The second-order valence-corrected chi connectivity index (χ2v) is 9.21. The van der Waals surface area contributed by atoms with Gasteiger partial charge in [-0.2, -0.15) is 0 Å². The van der Waals surface area contributed by atoms with E-state index in [0.717, 1.165) is 10.5 Å². The zero-order valence-corrected chi connectivity index (χ0v) is 19.5. The van der Waals surface area contributed by atoms with Crippen molar-refractivity contribution in [3.05, 3.63) is 100 Å². The molecule has 5 aromatic rings. The van der Waals surface area contributed by atoms with Crippen LogP contribution in [-0.4, -0.2) is 31.7 Å². The smallest absolute Gasteiger partial charge is 0.296 e. The summed E-state index contributed by atoms with van der Waals surface area (Å²) in [5.74, 6) is -2.24. The Hall–Kier alpha value is -4.57. The molecular formula is C26H17FN4O4S. The van der Waals surface area contributed by atoms with E-state index < -0.39 is 29.3 Å². The molecule has 2 aromatic carbocycles. The van der Waals surface area contributed by atoms with Gasteiger partial charge in [-0.15, -0.1) is 11.3 Å². The van der Waals surface area contributed by atoms with Crippen LogP contribution >= 0.6 is 11.3 Å². The van der Waals surface area contributed by atoms with Crippen LogP contribution in [0.15, 0.2) is 82.7 Å². The van der Waals surface area contributed by atoms with Gasteiger partial charge in [-0.05, 0) is 37.3 Å². The lowest BCUT2D eigenvalue weighted by molar-refractivity contribution is -0.117. The van der Waals surface area contributed by atoms with Gasteiger partial charge in [0.2, 0.25) is 11.7 Å². The highest BCUT2D eigenvalue weighted by molar-refractivity contribution is 7.17. The summed E-state index contributed by atoms with van der Waals surface area (Å²) in [4.78, 5) is 40.4. The van der Waals surface area contributed by atoms with E-state index in [1.54, 1.807) is 19.1 Å². The number of fused-ring (bicyclic) bond motifs is 1. The van der Waals surface area contributed by atoms with E-state index in [9.17, 15) is 19.1 Å². The zero-order valence-electron chi connectivity index (χ0n) is 18.7. The first-order valence-corrected chi connectivity index (χ1v) is 11.8. The molecule has 1 atom stereocenters. The number of halogens is 1. The number of rotatable bonds is 5. The molecule has 2 N–H and O–H groups in total. The highest BCUT2D eigenvalue weighted by atomic mass is 32.1. The molecule has 0 bridgehead atoms. The first kappa shape index (κ1) is 21.9. The number of aromatic nitrogens is 3. The van der Waals surface area contributed by atoms with E-state index in [0.29, 0.717) is 26.6 Å². The van der Waals surface area contributed by atoms with Crippen molar-refractivity contribution in [2.45, 2.75) is 13.0 Å². The summed E-state index contributed by atoms with van der Waals surface area (Å²) in [7, 11) is 0. The number of carbonyl (C=O) groups is 2. The molecular weight excluding hydrogens is 483 g/mol. The average molecular weight is 501 g/mol. The third-order valence-electron chi connectivity index (χ3n) is 5.95. The maximum Gasteiger partial charge on any atom is 0.296 e. The first-order valence-electron chi connectivity index (χ1n) is 11.0. The number of aliphatic hydroxyl groups excluding tert-OH is 1. The Kier molecular flexibility index (Phi) is 5.04. The van der Waals surface area contributed by atoms with Gasteiger partial charge in [0, 0.05) is 5.56 Å². The minimum atomic E-state index is -1.09. The largest absolute Gasteiger partial charge is 0.503 e. The number of ketones is 1. The molecule has 0 spiro atoms. The minimum Gasteiger partial charge on any atom is -0.503 e. The number of H-pyrrole nitrogens is 1. The van der Waals surface area contributed by atoms with Gasteiger partial charge >= 0.3 is 0 Å². The van der Waals surface area contributed by atoms with Gasteiger partial charge < -0.3 is 14.5 Å². The van der Waals surface area contributed by atoms with E-state index in [1.165, 1.54) is 35.8 Å². The van der Waals surface area contributed by atoms with Crippen molar-refractivity contribution < 1.29 is 23.5 Å². The summed E-state index contributed by atoms with van der Waals surface area (Å²) >= 11 is 1.18. The molecule has 0 saturated heterocycles. The standard InChI is InChI=1S/C26H17FN4O4S/c1-13-23(36-24(28-13)14-6-3-2-4-7-14)21(32)19-20(18-8-5-11-35-18)31(25(34)22(19)33)26-29-16-10-9-15(27)12-17(16)30-26/h2-12,20,33H,1H3,(H,29,30). The molecule has 0 saturated carbocycles. The number of anilines is 1. The summed E-state index contributed by atoms with van der Waals surface area (Å²) in [5, 5.41) is 11.6. The Labute approximate surface area is 207 Å². The SMILES string of the molecule is Cc1nc(-c2ccccc2)sc1C(=O)C1=C(O)C(=O)N(c2nc3ccc(F)cc3[nH]2)C1c1ccco1. The number of aryl methyl sites for hydroxylation is 1. The van der Waals surface area contributed by atoms with Crippen molar-refractivity contribution in [2.75, 3.05) is 4.90 Å². The van der Waals surface area contributed by atoms with Gasteiger partial charge in [-0.1, -0.05) is 30.3 Å². The van der Waals surface area contributed by atoms with E-state index in [-0.39, 0.29) is 17.3 Å². The molecule has 0 aliphatic carbocycles. The maximum atomic E-state index is 13.8. The third-order valence-corrected chi connectivity index (χ3v) is 7.15. The van der Waals surface area contributed by atoms with E-state index in [4.69, 9.17) is 4.42 Å². The van der Waals surface area contributed by atoms with Crippen LogP contribution in [0.4, 0.5) is 10.3 Å². The topological polar surface area (TPSA) is 112 Å². The fourth-order valence-electron chi connectivity index (χ4n) is 4.29. The van der Waals surface area contributed by atoms with Crippen LogP contribution in [0.3, 0.4) is 0 Å². The number of furan rings is 1. The quantitative estimate of drug-likeness (QED) is 0.308. The van der Waals surface area contributed by atoms with Crippen molar-refractivity contribution in [1.29, 1.82) is 0 Å². The van der Waals surface area contributed by atoms with Crippen molar-refractivity contribution in [3.63, 3.8) is 0 Å². The van der Waals surface area contributed by atoms with Crippen LogP contribution in [0.2, 0.25) is 0 Å². The first-order chi connectivity index (χ1) is 17.4. The number of imidazole rings is 1. The van der Waals surface area contributed by atoms with E-state index >= 15 is 0 Å². The summed E-state index contributed by atoms with van der Waals surface area (Å²) < 4.78 is 19.3. The van der Waals surface area contributed by atoms with Gasteiger partial charge in [0.25, 0.3) is 5.91 Å². The molecule has 10 heteroatoms. The zero-order chi connectivity index (χ0) is 25.0. The average Bonchev–Trinajstić information content (AvgIpc) is 3.66. The molecule has 0 fully saturated rings. The van der Waals surface area contributed by atoms with Crippen LogP contribution in [0.1, 0.15) is 27.2 Å². The Morgan fingerprint density at radius 3 is 2.69 bits per heavy atom. The number of hydrogen-bond acceptors (Lipinski definition) is 7. The molecule has 4 heterocycles. The molecule has 8 nitrogen and oxygen atoms in total. The van der Waals surface area contributed by atoms with Gasteiger partial charge in [0.15, 0.2) is 5.76 Å². The summed E-state index contributed by atoms with van der Waals surface area (Å²) in [5.41, 5.74) is 1.97. The summed E-state index contributed by atoms with van der Waals surface area (Å²) in [6.45, 7) is 1.71. The lowest BCUT2D eigenvalue weighted by atomic mass is 10.00. The number of amides is 1. The van der Waals surface area contributed by atoms with Crippen molar-refractivity contribution in [3.8, 4) is 10.6 Å². The second-order valence-electron chi connectivity index (χ2n) is 8.21. The molecule has 178 valence electrons. The Bertz CT molecular complexity index is 1670. The number of carbonyl (C=O) groups excluding carboxylic acids is 2. The Morgan fingerprint density at radius 2 is 1.94 bits per heavy atom. The summed E-state index contributed by atoms with van der Waals surface area (Å²) in [6.07, 6.45) is 1.41. The number of hydrogen-bond donors (Lipinski definition) is 2. The van der Waals surface area contributed by atoms with Crippen molar-refractivity contribution in [2.24, 2.45) is 0 Å². The maximum absolute atomic E-state index is 13.8. The number of Topliss-reactive ketones (excluding diaryl/α,β-unsaturated/α-hetero) is 1. The third kappa shape index (κ3) is 3.42. The fourth-order valence-corrected chi connectivity index (χ4v) is 5.31. The molecule has 1 aliphatic heterocycles. The fraction of sp³-hybridized carbons (Fsp3) is 0.0769. The van der Waals surface area contributed by atoms with Gasteiger partial charge in [0.05, 0.1) is 33.4 Å². The van der Waals surface area contributed by atoms with Crippen LogP contribution in [-0.2, 0) is 4.79 Å². The normalized spacial score (nSPS) is 15.9. The number of thiazole rings is 1. The van der Waals surface area contributed by atoms with Gasteiger partial charge in [-0.3, -0.25) is 14.5 Å². The number of aliphatic hydroxyl groups is 1. The number of benzene rings is 2. The molecule has 0 radical (unpaired) electrons. The number of aromatic amines is 1. The van der Waals surface area contributed by atoms with E-state index in [2.05, 4.69) is 15.0 Å². The predicted molar refractivity (Wildman–Crippen MR) is 131 cm³/mol. The van der Waals surface area contributed by atoms with Crippen LogP contribution in [0, 0.1) is 12.7 Å². The molecule has 1 amide bonds. The van der Waals surface area contributed by atoms with Gasteiger partial charge in [-0.25, -0.2) is 14.4 Å². The van der Waals surface area contributed by atoms with Crippen LogP contribution in [0.25, 0.3) is 21.6 Å². The van der Waals surface area contributed by atoms with Crippen molar-refractivity contribution >= 4 is 40.0 Å². The molecule has 36 heavy (non-hydrogen) atoms. The number of nitrogens with zero attached hydrogens (tertiary/aromatic N) is 3. The van der Waals surface area contributed by atoms with Gasteiger partial charge in [0.1, 0.15) is 22.6 Å². The summed E-state index contributed by atoms with van der Waals surface area (Å²) in [6, 6.07) is 15.5.